The predicted molar refractivity (Wildman–Crippen MR) is 238 cm³/mol. The molecule has 12 nitrogen and oxygen atoms in total. The van der Waals surface area contributed by atoms with Crippen LogP contribution in [0.4, 0.5) is 11.4 Å². The Morgan fingerprint density at radius 2 is 0.900 bits per heavy atom. The molecule has 0 amide bonds. The van der Waals surface area contributed by atoms with Gasteiger partial charge in [-0.05, 0) is 92.3 Å². The fourth-order valence-corrected chi connectivity index (χ4v) is 9.34. The molecule has 1 spiro atoms. The van der Waals surface area contributed by atoms with E-state index in [4.69, 9.17) is 9.47 Å². The van der Waals surface area contributed by atoms with Crippen molar-refractivity contribution in [2.45, 2.75) is 66.0 Å². The molecule has 322 valence electrons. The molecule has 4 aromatic carbocycles. The first-order valence-corrected chi connectivity index (χ1v) is 21.4. The summed E-state index contributed by atoms with van der Waals surface area (Å²) in [5.74, 6) is 1.73. The second-order valence-corrected chi connectivity index (χ2v) is 20.2. The highest BCUT2D eigenvalue weighted by molar-refractivity contribution is 5.58. The number of aryl methyl sites for hydroxylation is 4. The minimum atomic E-state index is -0.332. The number of hydrogen-bond donors (Lipinski definition) is 0. The Bertz CT molecular complexity index is 2100. The average Bonchev–Trinajstić information content (AvgIpc) is 3.16. The van der Waals surface area contributed by atoms with Crippen LogP contribution in [0.1, 0.15) is 64.3 Å². The minimum Gasteiger partial charge on any atom is -0.450 e. The number of nitro benzene ring substituents is 2. The Morgan fingerprint density at radius 3 is 1.23 bits per heavy atom. The van der Waals surface area contributed by atoms with Gasteiger partial charge in [-0.15, -0.1) is 0 Å². The van der Waals surface area contributed by atoms with Gasteiger partial charge in [-0.1, -0.05) is 24.3 Å². The van der Waals surface area contributed by atoms with E-state index in [1.54, 1.807) is 24.3 Å². The highest BCUT2D eigenvalue weighted by Crippen LogP contribution is 2.48. The van der Waals surface area contributed by atoms with Crippen LogP contribution in [0.3, 0.4) is 0 Å². The van der Waals surface area contributed by atoms with E-state index in [-0.39, 0.29) is 38.1 Å². The molecule has 0 radical (unpaired) electrons. The first-order valence-electron chi connectivity index (χ1n) is 21.4. The van der Waals surface area contributed by atoms with Crippen molar-refractivity contribution in [3.05, 3.63) is 125 Å². The van der Waals surface area contributed by atoms with Gasteiger partial charge in [0.15, 0.2) is 0 Å². The lowest BCUT2D eigenvalue weighted by molar-refractivity contribution is -0.974. The molecule has 60 heavy (non-hydrogen) atoms. The minimum absolute atomic E-state index is 0.0342. The van der Waals surface area contributed by atoms with Gasteiger partial charge in [0.25, 0.3) is 0 Å². The van der Waals surface area contributed by atoms with Crippen molar-refractivity contribution in [3.63, 3.8) is 0 Å². The number of ether oxygens (including phenoxy) is 2. The molecular formula is C48H68N6O6+4. The van der Waals surface area contributed by atoms with E-state index in [1.807, 2.05) is 39.8 Å². The van der Waals surface area contributed by atoms with E-state index >= 15 is 0 Å². The molecule has 4 aromatic rings. The predicted octanol–water partition coefficient (Wildman–Crippen LogP) is 9.11. The zero-order chi connectivity index (χ0) is 44.0. The number of rotatable bonds is 3. The maximum atomic E-state index is 12.6. The number of nitrogens with zero attached hydrogens (tertiary/aromatic N) is 6. The van der Waals surface area contributed by atoms with Gasteiger partial charge >= 0.3 is 11.4 Å². The normalized spacial score (nSPS) is 19.6. The molecule has 1 fully saturated rings. The third-order valence-electron chi connectivity index (χ3n) is 13.7. The van der Waals surface area contributed by atoms with Crippen molar-refractivity contribution in [3.8, 4) is 23.0 Å². The third-order valence-corrected chi connectivity index (χ3v) is 13.7. The van der Waals surface area contributed by atoms with Crippen molar-refractivity contribution >= 4 is 11.4 Å². The number of nitro groups is 2. The monoisotopic (exact) mass is 825 g/mol. The highest BCUT2D eigenvalue weighted by atomic mass is 16.6. The standard InChI is InChI=1S/C48H68N6O6/c1-13-54(12)20-18-48(19-21-54)40-26-34(2)46(35(3)27-40)59-44-16-14-38(30-42(44)49(55)56)32-52(8,9)24-22-51(6,7)23-25-53(10,11)33-39-15-17-45(43(31-39)50(57)58)60-47-36(4)28-41(48)29-37(47)5/h14-17,26-31H,13,18-25,32-33H2,1-12H3/q+4. The number of benzene rings is 4. The summed E-state index contributed by atoms with van der Waals surface area (Å²) < 4.78 is 16.1. The lowest BCUT2D eigenvalue weighted by Crippen LogP contribution is -2.54. The van der Waals surface area contributed by atoms with E-state index < -0.39 is 0 Å². The fourth-order valence-electron chi connectivity index (χ4n) is 9.34. The third kappa shape index (κ3) is 9.68. The summed E-state index contributed by atoms with van der Waals surface area (Å²) in [7, 11) is 15.5. The van der Waals surface area contributed by atoms with E-state index in [9.17, 15) is 20.2 Å². The van der Waals surface area contributed by atoms with Crippen LogP contribution in [0.25, 0.3) is 0 Å². The Balaban J connectivity index is 1.48. The van der Waals surface area contributed by atoms with Crippen molar-refractivity contribution in [1.82, 2.24) is 0 Å². The summed E-state index contributed by atoms with van der Waals surface area (Å²) in [5, 5.41) is 25.1. The van der Waals surface area contributed by atoms with Crippen LogP contribution in [0.15, 0.2) is 60.7 Å². The summed E-state index contributed by atoms with van der Waals surface area (Å²) in [6, 6.07) is 19.6. The van der Waals surface area contributed by atoms with Crippen molar-refractivity contribution in [2.24, 2.45) is 0 Å². The maximum absolute atomic E-state index is 12.6. The number of likely N-dealkylation sites (tertiary alicyclic amines) is 1. The number of fused-ring (bicyclic) bond motifs is 2. The van der Waals surface area contributed by atoms with Crippen molar-refractivity contribution < 1.29 is 37.3 Å². The van der Waals surface area contributed by atoms with Gasteiger partial charge in [0, 0.05) is 41.5 Å². The van der Waals surface area contributed by atoms with Crippen LogP contribution in [0, 0.1) is 47.9 Å². The topological polar surface area (TPSA) is 105 Å². The lowest BCUT2D eigenvalue weighted by Gasteiger charge is -2.47. The second-order valence-electron chi connectivity index (χ2n) is 20.2. The van der Waals surface area contributed by atoms with Crippen LogP contribution in [-0.2, 0) is 18.5 Å². The van der Waals surface area contributed by atoms with E-state index in [0.29, 0.717) is 33.6 Å². The van der Waals surface area contributed by atoms with Gasteiger partial charge in [0.05, 0.1) is 78.8 Å². The molecule has 7 aliphatic heterocycles. The lowest BCUT2D eigenvalue weighted by atomic mass is 9.66. The molecule has 7 aliphatic rings. The molecule has 0 aliphatic carbocycles. The Kier molecular flexibility index (Phi) is 12.3. The Hall–Kier alpha value is -4.88. The molecule has 1 saturated heterocycles. The number of hydrogen-bond acceptors (Lipinski definition) is 6. The molecule has 0 saturated carbocycles. The van der Waals surface area contributed by atoms with E-state index in [1.165, 1.54) is 11.1 Å². The Morgan fingerprint density at radius 1 is 0.550 bits per heavy atom. The van der Waals surface area contributed by atoms with E-state index in [0.717, 1.165) is 101 Å². The van der Waals surface area contributed by atoms with E-state index in [2.05, 4.69) is 80.5 Å². The van der Waals surface area contributed by atoms with Crippen molar-refractivity contribution in [1.29, 1.82) is 0 Å². The highest BCUT2D eigenvalue weighted by Gasteiger charge is 2.44. The van der Waals surface area contributed by atoms with Gasteiger partial charge in [-0.2, -0.15) is 0 Å². The maximum Gasteiger partial charge on any atom is 0.312 e. The largest absolute Gasteiger partial charge is 0.450 e. The summed E-state index contributed by atoms with van der Waals surface area (Å²) >= 11 is 0. The quantitative estimate of drug-likeness (QED) is 0.116. The van der Waals surface area contributed by atoms with Crippen molar-refractivity contribution in [2.75, 3.05) is 95.1 Å². The summed E-state index contributed by atoms with van der Waals surface area (Å²) in [6.45, 7) is 18.2. The molecule has 11 rings (SSSR count). The molecule has 8 bridgehead atoms. The smallest absolute Gasteiger partial charge is 0.312 e. The van der Waals surface area contributed by atoms with Crippen LogP contribution < -0.4 is 9.47 Å². The Labute approximate surface area is 357 Å². The molecular weight excluding hydrogens is 757 g/mol. The second kappa shape index (κ2) is 16.5. The molecule has 7 heterocycles. The molecule has 12 heteroatoms. The average molecular weight is 825 g/mol. The first kappa shape index (κ1) is 44.7. The number of piperidine rings is 1. The van der Waals surface area contributed by atoms with Gasteiger partial charge < -0.3 is 27.4 Å². The van der Waals surface area contributed by atoms with Gasteiger partial charge in [0.2, 0.25) is 11.5 Å². The molecule has 0 aromatic heterocycles. The molecule has 0 unspecified atom stereocenters. The van der Waals surface area contributed by atoms with Crippen LogP contribution in [-0.4, -0.2) is 123 Å². The van der Waals surface area contributed by atoms with Gasteiger partial charge in [-0.25, -0.2) is 0 Å². The summed E-state index contributed by atoms with van der Waals surface area (Å²) in [5.41, 5.74) is 7.43. The van der Waals surface area contributed by atoms with Gasteiger partial charge in [0.1, 0.15) is 50.8 Å². The summed E-state index contributed by atoms with van der Waals surface area (Å²) in [4.78, 5) is 24.5. The summed E-state index contributed by atoms with van der Waals surface area (Å²) in [6.07, 6.45) is 1.85. The fraction of sp³-hybridized carbons (Fsp3) is 0.500. The van der Waals surface area contributed by atoms with Crippen LogP contribution in [0.5, 0.6) is 23.0 Å². The molecule has 0 atom stereocenters. The zero-order valence-corrected chi connectivity index (χ0v) is 38.2. The van der Waals surface area contributed by atoms with Crippen LogP contribution >= 0.6 is 0 Å². The number of quaternary nitrogens is 4. The first-order chi connectivity index (χ1) is 27.9. The number of likely N-dealkylation sites (N-methyl/N-ethyl adjacent to an activating group) is 3. The SMILES string of the molecule is CC[N+]1(C)CCC2(CC1)c1cc(C)c(c(C)c1)Oc1ccc(cc1[N+](=O)[O-])C[N+](C)(C)CC[N+](C)(C)CC[N+](C)(C)Cc1ccc(c([N+](=O)[O-])c1)Oc1c(C)cc2cc1C. The van der Waals surface area contributed by atoms with Gasteiger partial charge in [-0.3, -0.25) is 20.2 Å². The zero-order valence-electron chi connectivity index (χ0n) is 38.2. The molecule has 0 N–H and O–H groups in total. The van der Waals surface area contributed by atoms with Crippen LogP contribution in [0.2, 0.25) is 0 Å².